The van der Waals surface area contributed by atoms with Gasteiger partial charge in [-0.05, 0) is 42.4 Å². The van der Waals surface area contributed by atoms with Gasteiger partial charge in [-0.2, -0.15) is 0 Å². The maximum atomic E-state index is 12.8. The van der Waals surface area contributed by atoms with Crippen molar-refractivity contribution < 1.29 is 18.0 Å². The summed E-state index contributed by atoms with van der Waals surface area (Å²) in [6, 6.07) is 6.18. The Morgan fingerprint density at radius 1 is 1.23 bits per heavy atom. The van der Waals surface area contributed by atoms with Crippen LogP contribution >= 0.6 is 0 Å². The Kier molecular flexibility index (Phi) is 6.47. The third kappa shape index (κ3) is 4.64. The molecule has 0 heterocycles. The molecule has 0 radical (unpaired) electrons. The highest BCUT2D eigenvalue weighted by Crippen LogP contribution is 2.38. The van der Waals surface area contributed by atoms with Gasteiger partial charge in [-0.3, -0.25) is 9.63 Å². The van der Waals surface area contributed by atoms with Crippen LogP contribution < -0.4 is 5.32 Å². The van der Waals surface area contributed by atoms with Crippen molar-refractivity contribution in [3.8, 4) is 0 Å². The molecule has 1 N–H and O–H groups in total. The third-order valence-corrected chi connectivity index (χ3v) is 6.86. The third-order valence-electron chi connectivity index (χ3n) is 5.18. The van der Waals surface area contributed by atoms with Gasteiger partial charge in [0, 0.05) is 18.7 Å². The second-order valence-corrected chi connectivity index (χ2v) is 9.90. The minimum absolute atomic E-state index is 0.0329. The summed E-state index contributed by atoms with van der Waals surface area (Å²) < 4.78 is 25.5. The van der Waals surface area contributed by atoms with E-state index in [0.29, 0.717) is 11.5 Å². The molecule has 1 aliphatic carbocycles. The van der Waals surface area contributed by atoms with Gasteiger partial charge in [0.15, 0.2) is 0 Å². The zero-order valence-electron chi connectivity index (χ0n) is 16.3. The topological polar surface area (TPSA) is 75.7 Å². The number of nitrogens with one attached hydrogen (secondary N) is 1. The molecule has 146 valence electrons. The number of hydrogen-bond acceptors (Lipinski definition) is 4. The number of carbonyl (C=O) groups is 1. The van der Waals surface area contributed by atoms with E-state index in [9.17, 15) is 13.2 Å². The van der Waals surface area contributed by atoms with Gasteiger partial charge in [-0.15, -0.1) is 0 Å². The molecule has 2 rings (SSSR count). The van der Waals surface area contributed by atoms with Crippen molar-refractivity contribution in [2.45, 2.75) is 57.4 Å². The molecule has 1 fully saturated rings. The first-order chi connectivity index (χ1) is 12.1. The van der Waals surface area contributed by atoms with Gasteiger partial charge in [0.05, 0.1) is 12.0 Å². The van der Waals surface area contributed by atoms with Crippen LogP contribution in [0.5, 0.6) is 0 Å². The highest BCUT2D eigenvalue weighted by atomic mass is 32.2. The summed E-state index contributed by atoms with van der Waals surface area (Å²) in [5, 5.41) is 3.14. The summed E-state index contributed by atoms with van der Waals surface area (Å²) in [6.45, 7) is 6.61. The van der Waals surface area contributed by atoms with E-state index in [2.05, 4.69) is 26.1 Å². The molecule has 1 amide bonds. The van der Waals surface area contributed by atoms with E-state index >= 15 is 0 Å². The summed E-state index contributed by atoms with van der Waals surface area (Å²) in [6.07, 6.45) is 4.34. The molecule has 0 bridgehead atoms. The van der Waals surface area contributed by atoms with Crippen LogP contribution in [0.3, 0.4) is 0 Å². The molecule has 7 heteroatoms. The molecular formula is C19H30N2O4S. The van der Waals surface area contributed by atoms with Crippen LogP contribution in [0.1, 0.15) is 56.8 Å². The second-order valence-electron chi connectivity index (χ2n) is 7.96. The molecule has 1 aliphatic rings. The van der Waals surface area contributed by atoms with Crippen molar-refractivity contribution >= 4 is 15.9 Å². The van der Waals surface area contributed by atoms with Crippen LogP contribution in [0, 0.1) is 11.3 Å². The van der Waals surface area contributed by atoms with E-state index in [0.717, 1.165) is 23.7 Å². The molecular weight excluding hydrogens is 352 g/mol. The van der Waals surface area contributed by atoms with Crippen LogP contribution in [0.4, 0.5) is 0 Å². The lowest BCUT2D eigenvalue weighted by Gasteiger charge is -2.40. The highest BCUT2D eigenvalue weighted by Gasteiger charge is 2.35. The fourth-order valence-electron chi connectivity index (χ4n) is 3.64. The maximum Gasteiger partial charge on any atom is 0.264 e. The lowest BCUT2D eigenvalue weighted by Crippen LogP contribution is -2.46. The largest absolute Gasteiger partial charge is 0.349 e. The molecule has 1 aromatic rings. The first kappa shape index (κ1) is 20.9. The van der Waals surface area contributed by atoms with Crippen LogP contribution in [-0.4, -0.2) is 39.0 Å². The van der Waals surface area contributed by atoms with Crippen molar-refractivity contribution in [3.63, 3.8) is 0 Å². The highest BCUT2D eigenvalue weighted by molar-refractivity contribution is 7.89. The monoisotopic (exact) mass is 382 g/mol. The van der Waals surface area contributed by atoms with E-state index < -0.39 is 10.0 Å². The Balaban J connectivity index is 2.21. The van der Waals surface area contributed by atoms with Crippen LogP contribution in [-0.2, 0) is 14.9 Å². The number of rotatable bonds is 5. The fraction of sp³-hybridized carbons (Fsp3) is 0.632. The van der Waals surface area contributed by atoms with Gasteiger partial charge in [-0.25, -0.2) is 8.42 Å². The van der Waals surface area contributed by atoms with Gasteiger partial charge >= 0.3 is 0 Å². The molecule has 1 aromatic carbocycles. The predicted octanol–water partition coefficient (Wildman–Crippen LogP) is 3.20. The zero-order valence-corrected chi connectivity index (χ0v) is 17.1. The normalized spacial score (nSPS) is 21.6. The summed E-state index contributed by atoms with van der Waals surface area (Å²) in [4.78, 5) is 17.6. The molecule has 6 nitrogen and oxygen atoms in total. The summed E-state index contributed by atoms with van der Waals surface area (Å²) in [7, 11) is -1.18. The zero-order chi connectivity index (χ0) is 19.5. The van der Waals surface area contributed by atoms with E-state index in [4.69, 9.17) is 4.84 Å². The quantitative estimate of drug-likeness (QED) is 0.794. The summed E-state index contributed by atoms with van der Waals surface area (Å²) >= 11 is 0. The van der Waals surface area contributed by atoms with E-state index in [-0.39, 0.29) is 22.3 Å². The molecule has 0 aromatic heterocycles. The Morgan fingerprint density at radius 2 is 1.88 bits per heavy atom. The first-order valence-electron chi connectivity index (χ1n) is 9.01. The SMILES string of the molecule is CON(C)S(=O)(=O)c1cccc(C(=O)NC2CCCCC2C(C)(C)C)c1. The molecule has 2 atom stereocenters. The van der Waals surface area contributed by atoms with Crippen LogP contribution in [0.15, 0.2) is 29.2 Å². The van der Waals surface area contributed by atoms with E-state index in [1.54, 1.807) is 12.1 Å². The van der Waals surface area contributed by atoms with Crippen molar-refractivity contribution in [2.75, 3.05) is 14.2 Å². The van der Waals surface area contributed by atoms with Crippen LogP contribution in [0.25, 0.3) is 0 Å². The maximum absolute atomic E-state index is 12.8. The number of hydrogen-bond donors (Lipinski definition) is 1. The number of amides is 1. The number of sulfonamides is 1. The van der Waals surface area contributed by atoms with Crippen molar-refractivity contribution in [2.24, 2.45) is 11.3 Å². The molecule has 2 unspecified atom stereocenters. The number of carbonyl (C=O) groups excluding carboxylic acids is 1. The second kappa shape index (κ2) is 8.06. The molecule has 0 spiro atoms. The Labute approximate surface area is 156 Å². The molecule has 0 aliphatic heterocycles. The number of nitrogens with zero attached hydrogens (tertiary/aromatic N) is 1. The predicted molar refractivity (Wildman–Crippen MR) is 101 cm³/mol. The smallest absolute Gasteiger partial charge is 0.264 e. The van der Waals surface area contributed by atoms with Crippen molar-refractivity contribution in [3.05, 3.63) is 29.8 Å². The van der Waals surface area contributed by atoms with E-state index in [1.165, 1.54) is 32.7 Å². The van der Waals surface area contributed by atoms with Gasteiger partial charge in [-0.1, -0.05) is 44.1 Å². The van der Waals surface area contributed by atoms with Gasteiger partial charge in [0.2, 0.25) is 0 Å². The lowest BCUT2D eigenvalue weighted by molar-refractivity contribution is -0.0258. The molecule has 1 saturated carbocycles. The Bertz CT molecular complexity index is 740. The lowest BCUT2D eigenvalue weighted by atomic mass is 9.69. The van der Waals surface area contributed by atoms with Gasteiger partial charge in [0.25, 0.3) is 15.9 Å². The first-order valence-corrected chi connectivity index (χ1v) is 10.5. The number of hydroxylamine groups is 1. The van der Waals surface area contributed by atoms with Crippen molar-refractivity contribution in [1.82, 2.24) is 9.79 Å². The molecule has 26 heavy (non-hydrogen) atoms. The summed E-state index contributed by atoms with van der Waals surface area (Å²) in [5.74, 6) is 0.176. The molecule has 0 saturated heterocycles. The standard InChI is InChI=1S/C19H30N2O4S/c1-19(2,3)16-11-6-7-12-17(16)20-18(22)14-9-8-10-15(13-14)26(23,24)21(4)25-5/h8-10,13,16-17H,6-7,11-12H2,1-5H3,(H,20,22). The minimum Gasteiger partial charge on any atom is -0.349 e. The van der Waals surface area contributed by atoms with Gasteiger partial charge in [0.1, 0.15) is 0 Å². The number of benzene rings is 1. The van der Waals surface area contributed by atoms with Gasteiger partial charge < -0.3 is 5.32 Å². The average Bonchev–Trinajstić information content (AvgIpc) is 2.60. The summed E-state index contributed by atoms with van der Waals surface area (Å²) in [5.41, 5.74) is 0.457. The van der Waals surface area contributed by atoms with Crippen LogP contribution in [0.2, 0.25) is 0 Å². The fourth-order valence-corrected chi connectivity index (χ4v) is 4.66. The van der Waals surface area contributed by atoms with E-state index in [1.807, 2.05) is 0 Å². The Morgan fingerprint density at radius 3 is 2.50 bits per heavy atom. The average molecular weight is 383 g/mol. The van der Waals surface area contributed by atoms with Crippen molar-refractivity contribution in [1.29, 1.82) is 0 Å². The Hall–Kier alpha value is -1.44. The minimum atomic E-state index is -3.78.